The molecule has 0 aromatic heterocycles. The highest BCUT2D eigenvalue weighted by Crippen LogP contribution is 1.78. The minimum absolute atomic E-state index is 1.57. The van der Waals surface area contributed by atoms with Crippen LogP contribution in [-0.4, -0.2) is 4.21 Å². The first-order chi connectivity index (χ1) is 2.27. The molecule has 0 bridgehead atoms. The van der Waals surface area contributed by atoms with Crippen LogP contribution in [0.1, 0.15) is 0 Å². The lowest BCUT2D eigenvalue weighted by atomic mass is 11.4. The van der Waals surface area contributed by atoms with Gasteiger partial charge in [-0.3, -0.25) is 0 Å². The maximum absolute atomic E-state index is 9.45. The van der Waals surface area contributed by atoms with E-state index in [9.17, 15) is 4.21 Å². The normalized spacial score (nSPS) is 12.8. The quantitative estimate of drug-likeness (QED) is 0.326. The van der Waals surface area contributed by atoms with Crippen LogP contribution < -0.4 is 0 Å². The van der Waals surface area contributed by atoms with Crippen LogP contribution in [0.2, 0.25) is 0 Å². The minimum atomic E-state index is -1.57. The Labute approximate surface area is 37.3 Å². The number of hydrogen-bond donors (Lipinski definition) is 0. The van der Waals surface area contributed by atoms with Gasteiger partial charge in [-0.25, -0.2) is 4.21 Å². The molecule has 28 valence electrons. The van der Waals surface area contributed by atoms with Gasteiger partial charge in [0.05, 0.1) is 0 Å². The zero-order chi connectivity index (χ0) is 4.28. The average molecular weight is 109 g/mol. The summed E-state index contributed by atoms with van der Waals surface area (Å²) >= 11 is 0. The second-order valence-electron chi connectivity index (χ2n) is 0.341. The first kappa shape index (κ1) is 5.00. The molecular formula is C2HClOS. The van der Waals surface area contributed by atoms with Crippen LogP contribution in [0.4, 0.5) is 0 Å². The molecule has 0 saturated carbocycles. The maximum atomic E-state index is 9.45. The van der Waals surface area contributed by atoms with Crippen molar-refractivity contribution in [1.82, 2.24) is 0 Å². The minimum Gasteiger partial charge on any atom is -0.228 e. The molecule has 0 N–H and O–H groups in total. The van der Waals surface area contributed by atoms with E-state index >= 15 is 0 Å². The molecule has 0 saturated heterocycles. The van der Waals surface area contributed by atoms with E-state index < -0.39 is 10.0 Å². The molecule has 0 aliphatic heterocycles. The van der Waals surface area contributed by atoms with Crippen LogP contribution in [0.3, 0.4) is 0 Å². The smallest absolute Gasteiger partial charge is 0.193 e. The third-order valence-electron chi connectivity index (χ3n) is 0.0927. The molecule has 0 aliphatic rings. The summed E-state index contributed by atoms with van der Waals surface area (Å²) in [6, 6.07) is 0. The molecule has 1 atom stereocenters. The van der Waals surface area contributed by atoms with Crippen molar-refractivity contribution in [3.05, 3.63) is 0 Å². The Morgan fingerprint density at radius 1 is 2.00 bits per heavy atom. The number of hydrogen-bond acceptors (Lipinski definition) is 1. The van der Waals surface area contributed by atoms with Crippen molar-refractivity contribution in [3.8, 4) is 11.7 Å². The van der Waals surface area contributed by atoms with Crippen molar-refractivity contribution in [2.45, 2.75) is 0 Å². The fraction of sp³-hybridized carbons (Fsp3) is 0. The summed E-state index contributed by atoms with van der Waals surface area (Å²) in [5.41, 5.74) is 0. The van der Waals surface area contributed by atoms with Crippen molar-refractivity contribution >= 4 is 20.7 Å². The highest BCUT2D eigenvalue weighted by molar-refractivity contribution is 8.12. The molecule has 0 aromatic carbocycles. The van der Waals surface area contributed by atoms with E-state index in [0.717, 1.165) is 0 Å². The maximum Gasteiger partial charge on any atom is 0.193 e. The van der Waals surface area contributed by atoms with Gasteiger partial charge in [0.15, 0.2) is 10.0 Å². The van der Waals surface area contributed by atoms with E-state index in [1.54, 1.807) is 5.25 Å². The standard InChI is InChI=1S/C2HClOS/c1-2-5(3)4/h1H. The molecule has 0 spiro atoms. The van der Waals surface area contributed by atoms with Gasteiger partial charge in [-0.1, -0.05) is 0 Å². The van der Waals surface area contributed by atoms with E-state index in [4.69, 9.17) is 10.7 Å². The first-order valence-corrected chi connectivity index (χ1v) is 2.79. The van der Waals surface area contributed by atoms with Gasteiger partial charge in [-0.05, 0) is 0 Å². The molecule has 0 fully saturated rings. The lowest BCUT2D eigenvalue weighted by Crippen LogP contribution is -1.58. The fourth-order valence-corrected chi connectivity index (χ4v) is 0. The van der Waals surface area contributed by atoms with Crippen molar-refractivity contribution in [3.63, 3.8) is 0 Å². The van der Waals surface area contributed by atoms with Crippen LogP contribution in [-0.2, 0) is 10.0 Å². The molecule has 3 heteroatoms. The molecule has 0 amide bonds. The van der Waals surface area contributed by atoms with E-state index in [-0.39, 0.29) is 0 Å². The number of halogens is 1. The van der Waals surface area contributed by atoms with Gasteiger partial charge >= 0.3 is 0 Å². The summed E-state index contributed by atoms with van der Waals surface area (Å²) in [6.45, 7) is 0. The molecule has 0 aromatic rings. The topological polar surface area (TPSA) is 17.1 Å². The first-order valence-electron chi connectivity index (χ1n) is 0.814. The van der Waals surface area contributed by atoms with Crippen molar-refractivity contribution in [2.75, 3.05) is 0 Å². The van der Waals surface area contributed by atoms with Crippen LogP contribution >= 0.6 is 10.7 Å². The Morgan fingerprint density at radius 2 is 2.20 bits per heavy atom. The average Bonchev–Trinajstić information content (AvgIpc) is 1.38. The van der Waals surface area contributed by atoms with Gasteiger partial charge in [-0.2, -0.15) is 0 Å². The lowest BCUT2D eigenvalue weighted by Gasteiger charge is -1.56. The Bertz CT molecular complexity index is 82.1. The van der Waals surface area contributed by atoms with E-state index in [1.165, 1.54) is 0 Å². The van der Waals surface area contributed by atoms with E-state index in [1.807, 2.05) is 0 Å². The zero-order valence-electron chi connectivity index (χ0n) is 2.27. The van der Waals surface area contributed by atoms with Gasteiger partial charge in [0, 0.05) is 15.9 Å². The SMILES string of the molecule is C#CS(=O)Cl. The molecular weight excluding hydrogens is 108 g/mol. The fourth-order valence-electron chi connectivity index (χ4n) is 0. The molecule has 0 heterocycles. The van der Waals surface area contributed by atoms with Gasteiger partial charge in [0.1, 0.15) is 0 Å². The van der Waals surface area contributed by atoms with Crippen LogP contribution in [0.15, 0.2) is 0 Å². The molecule has 0 aliphatic carbocycles. The molecule has 1 nitrogen and oxygen atoms in total. The highest BCUT2D eigenvalue weighted by atomic mass is 35.7. The molecule has 1 unspecified atom stereocenters. The predicted octanol–water partition coefficient (Wildman–Crippen LogP) is 0.480. The summed E-state index contributed by atoms with van der Waals surface area (Å²) in [7, 11) is 3.13. The monoisotopic (exact) mass is 108 g/mol. The zero-order valence-corrected chi connectivity index (χ0v) is 3.84. The van der Waals surface area contributed by atoms with Crippen molar-refractivity contribution in [2.24, 2.45) is 0 Å². The van der Waals surface area contributed by atoms with Crippen molar-refractivity contribution in [1.29, 1.82) is 0 Å². The van der Waals surface area contributed by atoms with Crippen LogP contribution in [0.25, 0.3) is 0 Å². The van der Waals surface area contributed by atoms with Gasteiger partial charge in [0.25, 0.3) is 0 Å². The predicted molar refractivity (Wildman–Crippen MR) is 22.8 cm³/mol. The van der Waals surface area contributed by atoms with E-state index in [0.29, 0.717) is 0 Å². The lowest BCUT2D eigenvalue weighted by molar-refractivity contribution is 0.696. The Kier molecular flexibility index (Phi) is 2.25. The van der Waals surface area contributed by atoms with Crippen LogP contribution in [0.5, 0.6) is 0 Å². The molecule has 5 heavy (non-hydrogen) atoms. The second kappa shape index (κ2) is 2.25. The van der Waals surface area contributed by atoms with Gasteiger partial charge < -0.3 is 0 Å². The summed E-state index contributed by atoms with van der Waals surface area (Å²) < 4.78 is 9.45. The van der Waals surface area contributed by atoms with E-state index in [2.05, 4.69) is 6.42 Å². The third kappa shape index (κ3) is 4.00. The summed E-state index contributed by atoms with van der Waals surface area (Å²) in [4.78, 5) is 0. The van der Waals surface area contributed by atoms with Crippen molar-refractivity contribution < 1.29 is 4.21 Å². The summed E-state index contributed by atoms with van der Waals surface area (Å²) in [5.74, 6) is 0. The molecule has 0 radical (unpaired) electrons. The second-order valence-corrected chi connectivity index (χ2v) is 1.86. The largest absolute Gasteiger partial charge is 0.228 e. The summed E-state index contributed by atoms with van der Waals surface area (Å²) in [6.07, 6.45) is 4.49. The Morgan fingerprint density at radius 3 is 2.20 bits per heavy atom. The number of terminal acetylenes is 1. The molecule has 0 rings (SSSR count). The Hall–Kier alpha value is -0.0000000000000000555. The highest BCUT2D eigenvalue weighted by Gasteiger charge is 1.70. The summed E-state index contributed by atoms with van der Waals surface area (Å²) in [5, 5.41) is 1.77. The third-order valence-corrected chi connectivity index (χ3v) is 0.545. The number of rotatable bonds is 0. The Balaban J connectivity index is 3.35. The van der Waals surface area contributed by atoms with Crippen LogP contribution in [0, 0.1) is 11.7 Å². The van der Waals surface area contributed by atoms with Gasteiger partial charge in [-0.15, -0.1) is 6.42 Å². The van der Waals surface area contributed by atoms with Gasteiger partial charge in [0.2, 0.25) is 0 Å².